The Morgan fingerprint density at radius 2 is 2.18 bits per heavy atom. The summed E-state index contributed by atoms with van der Waals surface area (Å²) in [6.45, 7) is 3.69. The lowest BCUT2D eigenvalue weighted by molar-refractivity contribution is 0.340. The average molecular weight is 258 g/mol. The Kier molecular flexibility index (Phi) is 5.55. The summed E-state index contributed by atoms with van der Waals surface area (Å²) >= 11 is 6.12. The molecule has 1 unspecified atom stereocenters. The van der Waals surface area contributed by atoms with Crippen LogP contribution in [0.25, 0.3) is 0 Å². The molecule has 0 aromatic heterocycles. The van der Waals surface area contributed by atoms with Crippen LogP contribution >= 0.6 is 11.6 Å². The van der Waals surface area contributed by atoms with Gasteiger partial charge in [0.05, 0.1) is 11.6 Å². The topological polar surface area (TPSA) is 64.5 Å². The summed E-state index contributed by atoms with van der Waals surface area (Å²) < 4.78 is 5.38. The summed E-state index contributed by atoms with van der Waals surface area (Å²) in [4.78, 5) is 2.03. The maximum absolute atomic E-state index is 6.12. The third-order valence-corrected chi connectivity index (χ3v) is 2.76. The highest BCUT2D eigenvalue weighted by Crippen LogP contribution is 2.28. The normalized spacial score (nSPS) is 12.3. The Balaban J connectivity index is 2.75. The van der Waals surface area contributed by atoms with Crippen LogP contribution in [-0.4, -0.2) is 32.8 Å². The van der Waals surface area contributed by atoms with Gasteiger partial charge in [-0.05, 0) is 25.1 Å². The van der Waals surface area contributed by atoms with Crippen molar-refractivity contribution in [1.29, 1.82) is 0 Å². The molecular weight excluding hydrogens is 238 g/mol. The molecular formula is C12H20ClN3O. The first-order valence-corrected chi connectivity index (χ1v) is 6.05. The van der Waals surface area contributed by atoms with Crippen LogP contribution in [0, 0.1) is 0 Å². The molecule has 5 heteroatoms. The molecule has 96 valence electrons. The van der Waals surface area contributed by atoms with E-state index in [1.807, 2.05) is 37.1 Å². The molecule has 0 saturated carbocycles. The molecule has 1 rings (SSSR count). The van der Waals surface area contributed by atoms with Crippen LogP contribution < -0.4 is 21.1 Å². The van der Waals surface area contributed by atoms with Gasteiger partial charge in [-0.1, -0.05) is 11.6 Å². The van der Waals surface area contributed by atoms with Crippen LogP contribution in [0.1, 0.15) is 6.92 Å². The third kappa shape index (κ3) is 4.07. The Labute approximate surface area is 107 Å². The number of ether oxygens (including phenoxy) is 1. The van der Waals surface area contributed by atoms with Gasteiger partial charge in [-0.15, -0.1) is 0 Å². The number of anilines is 1. The summed E-state index contributed by atoms with van der Waals surface area (Å²) in [5, 5.41) is 0.609. The summed E-state index contributed by atoms with van der Waals surface area (Å²) in [7, 11) is 1.96. The third-order valence-electron chi connectivity index (χ3n) is 2.47. The van der Waals surface area contributed by atoms with Gasteiger partial charge in [-0.25, -0.2) is 0 Å². The molecule has 0 fully saturated rings. The lowest BCUT2D eigenvalue weighted by Crippen LogP contribution is -2.40. The largest absolute Gasteiger partial charge is 0.492 e. The lowest BCUT2D eigenvalue weighted by atomic mass is 10.2. The minimum atomic E-state index is -0.0367. The SMILES string of the molecule is CCOc1ccc(N(C)CC(N)CN)cc1Cl. The number of hydrogen-bond acceptors (Lipinski definition) is 4. The number of rotatable bonds is 6. The molecule has 0 aliphatic heterocycles. The van der Waals surface area contributed by atoms with Crippen molar-refractivity contribution in [2.24, 2.45) is 11.5 Å². The Morgan fingerprint density at radius 1 is 1.47 bits per heavy atom. The zero-order valence-corrected chi connectivity index (χ0v) is 11.1. The van der Waals surface area contributed by atoms with Crippen LogP contribution in [0.15, 0.2) is 18.2 Å². The van der Waals surface area contributed by atoms with E-state index in [1.54, 1.807) is 0 Å². The molecule has 0 amide bonds. The molecule has 0 saturated heterocycles. The lowest BCUT2D eigenvalue weighted by Gasteiger charge is -2.23. The highest BCUT2D eigenvalue weighted by molar-refractivity contribution is 6.32. The van der Waals surface area contributed by atoms with Gasteiger partial charge in [0.15, 0.2) is 0 Å². The number of halogens is 1. The predicted molar refractivity (Wildman–Crippen MR) is 72.9 cm³/mol. The van der Waals surface area contributed by atoms with Crippen molar-refractivity contribution in [3.63, 3.8) is 0 Å². The van der Waals surface area contributed by atoms with E-state index in [2.05, 4.69) is 0 Å². The molecule has 0 spiro atoms. The predicted octanol–water partition coefficient (Wildman–Crippen LogP) is 1.46. The molecule has 0 aliphatic carbocycles. The van der Waals surface area contributed by atoms with Crippen LogP contribution in [0.5, 0.6) is 5.75 Å². The van der Waals surface area contributed by atoms with E-state index in [4.69, 9.17) is 27.8 Å². The van der Waals surface area contributed by atoms with Crippen molar-refractivity contribution in [3.05, 3.63) is 23.2 Å². The van der Waals surface area contributed by atoms with Gasteiger partial charge in [0.25, 0.3) is 0 Å². The second-order valence-electron chi connectivity index (χ2n) is 3.92. The number of benzene rings is 1. The molecule has 17 heavy (non-hydrogen) atoms. The second-order valence-corrected chi connectivity index (χ2v) is 4.33. The van der Waals surface area contributed by atoms with Gasteiger partial charge in [-0.2, -0.15) is 0 Å². The number of nitrogens with two attached hydrogens (primary N) is 2. The van der Waals surface area contributed by atoms with E-state index in [9.17, 15) is 0 Å². The average Bonchev–Trinajstić information content (AvgIpc) is 2.31. The number of likely N-dealkylation sites (N-methyl/N-ethyl adjacent to an activating group) is 1. The first kappa shape index (κ1) is 14.1. The highest BCUT2D eigenvalue weighted by Gasteiger charge is 2.08. The standard InChI is InChI=1S/C12H20ClN3O/c1-3-17-12-5-4-10(6-11(12)13)16(2)8-9(15)7-14/h4-6,9H,3,7-8,14-15H2,1-2H3. The van der Waals surface area contributed by atoms with E-state index in [0.717, 1.165) is 5.69 Å². The maximum Gasteiger partial charge on any atom is 0.138 e. The first-order valence-electron chi connectivity index (χ1n) is 5.67. The van der Waals surface area contributed by atoms with Crippen LogP contribution in [-0.2, 0) is 0 Å². The van der Waals surface area contributed by atoms with Crippen molar-refractivity contribution < 1.29 is 4.74 Å². The van der Waals surface area contributed by atoms with Gasteiger partial charge >= 0.3 is 0 Å². The fraction of sp³-hybridized carbons (Fsp3) is 0.500. The molecule has 0 radical (unpaired) electrons. The van der Waals surface area contributed by atoms with Gasteiger partial charge in [-0.3, -0.25) is 0 Å². The molecule has 4 nitrogen and oxygen atoms in total. The number of hydrogen-bond donors (Lipinski definition) is 2. The van der Waals surface area contributed by atoms with Gasteiger partial charge in [0.1, 0.15) is 5.75 Å². The molecule has 0 aliphatic rings. The summed E-state index contributed by atoms with van der Waals surface area (Å²) in [5.74, 6) is 0.703. The van der Waals surface area contributed by atoms with Crippen LogP contribution in [0.4, 0.5) is 5.69 Å². The van der Waals surface area contributed by atoms with Crippen molar-refractivity contribution >= 4 is 17.3 Å². The van der Waals surface area contributed by atoms with E-state index in [0.29, 0.717) is 30.5 Å². The molecule has 1 aromatic carbocycles. The maximum atomic E-state index is 6.12. The van der Waals surface area contributed by atoms with Crippen LogP contribution in [0.3, 0.4) is 0 Å². The summed E-state index contributed by atoms with van der Waals surface area (Å²) in [6.07, 6.45) is 0. The van der Waals surface area contributed by atoms with E-state index >= 15 is 0 Å². The monoisotopic (exact) mass is 257 g/mol. The highest BCUT2D eigenvalue weighted by atomic mass is 35.5. The van der Waals surface area contributed by atoms with Crippen molar-refractivity contribution in [2.75, 3.05) is 31.6 Å². The fourth-order valence-electron chi connectivity index (χ4n) is 1.53. The minimum absolute atomic E-state index is 0.0367. The fourth-order valence-corrected chi connectivity index (χ4v) is 1.76. The smallest absolute Gasteiger partial charge is 0.138 e. The molecule has 1 atom stereocenters. The van der Waals surface area contributed by atoms with Gasteiger partial charge in [0, 0.05) is 31.9 Å². The summed E-state index contributed by atoms with van der Waals surface area (Å²) in [5.41, 5.74) is 12.3. The van der Waals surface area contributed by atoms with E-state index in [-0.39, 0.29) is 6.04 Å². The molecule has 1 aromatic rings. The van der Waals surface area contributed by atoms with Crippen LogP contribution in [0.2, 0.25) is 5.02 Å². The van der Waals surface area contributed by atoms with E-state index < -0.39 is 0 Å². The Morgan fingerprint density at radius 3 is 2.71 bits per heavy atom. The number of nitrogens with zero attached hydrogens (tertiary/aromatic N) is 1. The van der Waals surface area contributed by atoms with Crippen molar-refractivity contribution in [2.45, 2.75) is 13.0 Å². The second kappa shape index (κ2) is 6.69. The quantitative estimate of drug-likeness (QED) is 0.810. The Hall–Kier alpha value is -0.970. The van der Waals surface area contributed by atoms with E-state index in [1.165, 1.54) is 0 Å². The first-order chi connectivity index (χ1) is 8.08. The zero-order chi connectivity index (χ0) is 12.8. The molecule has 4 N–H and O–H groups in total. The molecule has 0 bridgehead atoms. The van der Waals surface area contributed by atoms with Crippen molar-refractivity contribution in [1.82, 2.24) is 0 Å². The van der Waals surface area contributed by atoms with Gasteiger partial charge in [0.2, 0.25) is 0 Å². The van der Waals surface area contributed by atoms with Crippen molar-refractivity contribution in [3.8, 4) is 5.75 Å². The minimum Gasteiger partial charge on any atom is -0.492 e. The zero-order valence-electron chi connectivity index (χ0n) is 10.3. The molecule has 0 heterocycles. The van der Waals surface area contributed by atoms with Gasteiger partial charge < -0.3 is 21.1 Å². The summed E-state index contributed by atoms with van der Waals surface area (Å²) in [6, 6.07) is 5.66. The Bertz CT molecular complexity index is 360.